The number of benzene rings is 2. The molecule has 12 nitrogen and oxygen atoms in total. The van der Waals surface area contributed by atoms with Gasteiger partial charge in [0.2, 0.25) is 5.91 Å². The number of esters is 2. The molecule has 38 heavy (non-hydrogen) atoms. The molecule has 15 heteroatoms. The number of ether oxygens (including phenoxy) is 3. The van der Waals surface area contributed by atoms with Crippen molar-refractivity contribution in [2.24, 2.45) is 0 Å². The summed E-state index contributed by atoms with van der Waals surface area (Å²) in [6, 6.07) is 10.9. The Morgan fingerprint density at radius 1 is 1.16 bits per heavy atom. The van der Waals surface area contributed by atoms with Crippen LogP contribution >= 0.6 is 17.6 Å². The normalized spacial score (nSPS) is 15.1. The average Bonchev–Trinajstić information content (AvgIpc) is 2.87. The highest BCUT2D eigenvalue weighted by atomic mass is 32.9. The number of nitrogens with zero attached hydrogens (tertiary/aromatic N) is 2. The van der Waals surface area contributed by atoms with Gasteiger partial charge in [0, 0.05) is 43.5 Å². The molecular formula is C23H26N3O9PS2. The van der Waals surface area contributed by atoms with Crippen molar-refractivity contribution in [2.75, 3.05) is 38.2 Å². The molecule has 2 aromatic carbocycles. The van der Waals surface area contributed by atoms with Crippen LogP contribution in [0.15, 0.2) is 42.5 Å². The molecule has 1 amide bonds. The van der Waals surface area contributed by atoms with Crippen LogP contribution in [0.4, 0.5) is 5.69 Å². The topological polar surface area (TPSA) is 147 Å². The number of morpholine rings is 1. The summed E-state index contributed by atoms with van der Waals surface area (Å²) < 4.78 is 18.3. The second kappa shape index (κ2) is 13.7. The van der Waals surface area contributed by atoms with Gasteiger partial charge in [0.05, 0.1) is 25.2 Å². The van der Waals surface area contributed by atoms with Crippen LogP contribution in [0.2, 0.25) is 0 Å². The Kier molecular flexibility index (Phi) is 10.6. The third kappa shape index (κ3) is 8.50. The van der Waals surface area contributed by atoms with Crippen LogP contribution in [-0.4, -0.2) is 60.5 Å². The summed E-state index contributed by atoms with van der Waals surface area (Å²) in [4.78, 5) is 51.1. The molecule has 1 saturated heterocycles. The largest absolute Gasteiger partial charge is 0.426 e. The molecule has 0 aliphatic carbocycles. The van der Waals surface area contributed by atoms with E-state index >= 15 is 0 Å². The number of thiol groups is 1. The van der Waals surface area contributed by atoms with Gasteiger partial charge in [-0.15, -0.1) is 22.4 Å². The highest BCUT2D eigenvalue weighted by Gasteiger charge is 2.26. The lowest BCUT2D eigenvalue weighted by atomic mass is 10.1. The second-order valence-corrected chi connectivity index (χ2v) is 14.3. The lowest BCUT2D eigenvalue weighted by Gasteiger charge is -2.34. The van der Waals surface area contributed by atoms with Gasteiger partial charge in [0.15, 0.2) is 0 Å². The maximum absolute atomic E-state index is 13.0. The molecule has 1 N–H and O–H groups in total. The van der Waals surface area contributed by atoms with Gasteiger partial charge in [-0.25, -0.2) is 4.79 Å². The summed E-state index contributed by atoms with van der Waals surface area (Å²) in [5, 5.41) is 10.4. The van der Waals surface area contributed by atoms with Crippen molar-refractivity contribution in [3.63, 3.8) is 0 Å². The van der Waals surface area contributed by atoms with Crippen LogP contribution in [0.1, 0.15) is 30.1 Å². The molecule has 0 bridgehead atoms. The minimum absolute atomic E-state index is 0.0277. The van der Waals surface area contributed by atoms with Crippen molar-refractivity contribution in [3.8, 4) is 11.5 Å². The Labute approximate surface area is 228 Å². The SMILES string of the molecule is CC(=O)Nc1ccc(C(=O)Oc2ccc(P(=S)(S)N3CCOCC3)cc2)c(OC(=O)CCCO[N+](=O)[O-])c1. The zero-order chi connectivity index (χ0) is 27.7. The van der Waals surface area contributed by atoms with Crippen molar-refractivity contribution >= 4 is 58.3 Å². The quantitative estimate of drug-likeness (QED) is 0.0766. The number of rotatable bonds is 11. The van der Waals surface area contributed by atoms with Gasteiger partial charge in [0.1, 0.15) is 17.1 Å². The van der Waals surface area contributed by atoms with E-state index in [1.54, 1.807) is 24.3 Å². The van der Waals surface area contributed by atoms with E-state index in [0.717, 1.165) is 5.30 Å². The van der Waals surface area contributed by atoms with Gasteiger partial charge < -0.3 is 24.4 Å². The predicted octanol–water partition coefficient (Wildman–Crippen LogP) is 2.95. The van der Waals surface area contributed by atoms with Crippen molar-refractivity contribution in [1.82, 2.24) is 4.67 Å². The van der Waals surface area contributed by atoms with Crippen molar-refractivity contribution in [3.05, 3.63) is 58.1 Å². The Morgan fingerprint density at radius 2 is 1.84 bits per heavy atom. The summed E-state index contributed by atoms with van der Waals surface area (Å²) in [6.45, 7) is 3.58. The van der Waals surface area contributed by atoms with Crippen molar-refractivity contribution in [2.45, 2.75) is 19.8 Å². The Balaban J connectivity index is 1.73. The molecule has 1 aliphatic rings. The highest BCUT2D eigenvalue weighted by molar-refractivity contribution is 8.65. The summed E-state index contributed by atoms with van der Waals surface area (Å²) >= 11 is 10.6. The zero-order valence-corrected chi connectivity index (χ0v) is 23.0. The molecule has 3 rings (SSSR count). The van der Waals surface area contributed by atoms with Gasteiger partial charge in [-0.05, 0) is 42.8 Å². The van der Waals surface area contributed by atoms with E-state index in [0.29, 0.717) is 32.0 Å². The second-order valence-electron chi connectivity index (χ2n) is 8.02. The number of carbonyl (C=O) groups is 3. The predicted molar refractivity (Wildman–Crippen MR) is 145 cm³/mol. The van der Waals surface area contributed by atoms with E-state index in [1.807, 2.05) is 0 Å². The summed E-state index contributed by atoms with van der Waals surface area (Å²) in [7, 11) is 0. The minimum atomic E-state index is -2.29. The van der Waals surface area contributed by atoms with E-state index < -0.39 is 22.4 Å². The minimum Gasteiger partial charge on any atom is -0.426 e. The number of nitrogens with one attached hydrogen (secondary N) is 1. The van der Waals surface area contributed by atoms with Crippen molar-refractivity contribution in [1.29, 1.82) is 0 Å². The van der Waals surface area contributed by atoms with Crippen LogP contribution in [0, 0.1) is 10.1 Å². The first-order valence-electron chi connectivity index (χ1n) is 11.4. The molecule has 1 heterocycles. The van der Waals surface area contributed by atoms with Gasteiger partial charge in [-0.1, -0.05) is 11.8 Å². The summed E-state index contributed by atoms with van der Waals surface area (Å²) in [6.07, 6.45) is -0.174. The molecule has 0 saturated carbocycles. The monoisotopic (exact) mass is 583 g/mol. The van der Waals surface area contributed by atoms with E-state index in [2.05, 4.69) is 14.8 Å². The molecule has 0 aromatic heterocycles. The third-order valence-electron chi connectivity index (χ3n) is 5.22. The fraction of sp³-hybridized carbons (Fsp3) is 0.348. The van der Waals surface area contributed by atoms with Crippen molar-refractivity contribution < 1.29 is 38.5 Å². The third-order valence-corrected chi connectivity index (χ3v) is 10.1. The fourth-order valence-electron chi connectivity index (χ4n) is 3.44. The fourth-order valence-corrected chi connectivity index (χ4v) is 6.81. The molecule has 1 aliphatic heterocycles. The molecule has 1 fully saturated rings. The van der Waals surface area contributed by atoms with E-state index in [4.69, 9.17) is 38.3 Å². The summed E-state index contributed by atoms with van der Waals surface area (Å²) in [5.41, 5.74) is 0.228. The lowest BCUT2D eigenvalue weighted by molar-refractivity contribution is -0.757. The Morgan fingerprint density at radius 3 is 2.47 bits per heavy atom. The summed E-state index contributed by atoms with van der Waals surface area (Å²) in [5.74, 6) is -1.82. The molecular weight excluding hydrogens is 557 g/mol. The smallest absolute Gasteiger partial charge is 0.347 e. The van der Waals surface area contributed by atoms with Crippen LogP contribution in [0.25, 0.3) is 0 Å². The Bertz CT molecular complexity index is 1240. The first-order chi connectivity index (χ1) is 18.1. The van der Waals surface area contributed by atoms with E-state index in [-0.39, 0.29) is 42.4 Å². The molecule has 1 atom stereocenters. The van der Waals surface area contributed by atoms with E-state index in [9.17, 15) is 24.5 Å². The number of hydrogen-bond donors (Lipinski definition) is 2. The van der Waals surface area contributed by atoms with Gasteiger partial charge in [-0.3, -0.25) is 14.3 Å². The maximum Gasteiger partial charge on any atom is 0.347 e. The van der Waals surface area contributed by atoms with Crippen LogP contribution in [-0.2, 0) is 31.0 Å². The maximum atomic E-state index is 13.0. The number of amides is 1. The zero-order valence-electron chi connectivity index (χ0n) is 20.4. The molecule has 2 aromatic rings. The number of carbonyl (C=O) groups excluding carboxylic acids is 3. The first kappa shape index (κ1) is 29.5. The number of hydrogen-bond acceptors (Lipinski definition) is 10. The first-order valence-corrected chi connectivity index (χ1v) is 15.4. The van der Waals surface area contributed by atoms with Crippen LogP contribution in [0.3, 0.4) is 0 Å². The van der Waals surface area contributed by atoms with Gasteiger partial charge in [0.25, 0.3) is 5.09 Å². The number of anilines is 1. The van der Waals surface area contributed by atoms with Gasteiger partial charge in [-0.2, -0.15) is 0 Å². The lowest BCUT2D eigenvalue weighted by Crippen LogP contribution is -2.35. The average molecular weight is 584 g/mol. The van der Waals surface area contributed by atoms with Crippen LogP contribution in [0.5, 0.6) is 11.5 Å². The van der Waals surface area contributed by atoms with E-state index in [1.165, 1.54) is 25.1 Å². The molecule has 204 valence electrons. The Hall–Kier alpha value is -3.03. The molecule has 0 spiro atoms. The highest BCUT2D eigenvalue weighted by Crippen LogP contribution is 2.53. The molecule has 1 unspecified atom stereocenters. The van der Waals surface area contributed by atoms with Crippen LogP contribution < -0.4 is 20.1 Å². The van der Waals surface area contributed by atoms with Gasteiger partial charge >= 0.3 is 11.9 Å². The molecule has 0 radical (unpaired) electrons. The standard InChI is InChI=1S/C23H26N3O9PS2/c1-16(27)24-17-4-9-20(21(15-17)35-22(28)3-2-12-33-26(30)31)23(29)34-18-5-7-19(8-6-18)36(37,38)25-10-13-32-14-11-25/h4-9,15H,2-3,10-14H2,1H3,(H,24,27)(H,37,38).